The van der Waals surface area contributed by atoms with Gasteiger partial charge in [0.15, 0.2) is 5.13 Å². The smallest absolute Gasteiger partial charge is 0.185 e. The van der Waals surface area contributed by atoms with E-state index in [2.05, 4.69) is 51.8 Å². The monoisotopic (exact) mass is 297 g/mol. The minimum Gasteiger partial charge on any atom is -0.348 e. The highest BCUT2D eigenvalue weighted by atomic mass is 32.1. The van der Waals surface area contributed by atoms with E-state index in [0.717, 1.165) is 26.2 Å². The van der Waals surface area contributed by atoms with Crippen LogP contribution in [0, 0.1) is 18.8 Å². The highest BCUT2D eigenvalue weighted by Crippen LogP contribution is 2.27. The molecule has 0 fully saturated rings. The predicted octanol–water partition coefficient (Wildman–Crippen LogP) is 4.07. The molecule has 1 aromatic rings. The first-order valence-electron chi connectivity index (χ1n) is 7.86. The zero-order valence-corrected chi connectivity index (χ0v) is 14.8. The van der Waals surface area contributed by atoms with Crippen molar-refractivity contribution in [3.63, 3.8) is 0 Å². The molecule has 0 aromatic carbocycles. The van der Waals surface area contributed by atoms with Crippen molar-refractivity contribution in [2.24, 2.45) is 11.8 Å². The molecule has 3 nitrogen and oxygen atoms in total. The zero-order chi connectivity index (χ0) is 15.1. The van der Waals surface area contributed by atoms with Gasteiger partial charge < -0.3 is 10.2 Å². The number of rotatable bonds is 9. The Bertz CT molecular complexity index is 375. The molecule has 0 aliphatic heterocycles. The van der Waals surface area contributed by atoms with Gasteiger partial charge in [0, 0.05) is 24.5 Å². The summed E-state index contributed by atoms with van der Waals surface area (Å²) >= 11 is 1.85. The molecule has 1 rings (SSSR count). The summed E-state index contributed by atoms with van der Waals surface area (Å²) in [6, 6.07) is 0. The second kappa shape index (κ2) is 8.63. The van der Waals surface area contributed by atoms with Crippen molar-refractivity contribution in [2.75, 3.05) is 24.5 Å². The van der Waals surface area contributed by atoms with Crippen molar-refractivity contribution < 1.29 is 0 Å². The van der Waals surface area contributed by atoms with Crippen LogP contribution in [0.25, 0.3) is 0 Å². The topological polar surface area (TPSA) is 28.2 Å². The SMILES string of the molecule is CCCNCc1sc(N(CC(C)C)CC(C)C)nc1C. The van der Waals surface area contributed by atoms with Gasteiger partial charge in [-0.2, -0.15) is 0 Å². The van der Waals surface area contributed by atoms with E-state index in [1.807, 2.05) is 11.3 Å². The molecule has 4 heteroatoms. The Hall–Kier alpha value is -0.610. The minimum absolute atomic E-state index is 0.666. The number of hydrogen-bond donors (Lipinski definition) is 1. The van der Waals surface area contributed by atoms with E-state index in [1.54, 1.807) is 0 Å². The van der Waals surface area contributed by atoms with Gasteiger partial charge in [-0.25, -0.2) is 4.98 Å². The Morgan fingerprint density at radius 2 is 1.75 bits per heavy atom. The van der Waals surface area contributed by atoms with Gasteiger partial charge in [-0.15, -0.1) is 11.3 Å². The Morgan fingerprint density at radius 3 is 2.25 bits per heavy atom. The van der Waals surface area contributed by atoms with Gasteiger partial charge in [0.2, 0.25) is 0 Å². The van der Waals surface area contributed by atoms with Gasteiger partial charge in [0.05, 0.1) is 5.69 Å². The molecule has 0 radical (unpaired) electrons. The van der Waals surface area contributed by atoms with E-state index < -0.39 is 0 Å². The fraction of sp³-hybridized carbons (Fsp3) is 0.812. The van der Waals surface area contributed by atoms with E-state index in [1.165, 1.54) is 22.1 Å². The summed E-state index contributed by atoms with van der Waals surface area (Å²) < 4.78 is 0. The molecule has 0 saturated carbocycles. The Morgan fingerprint density at radius 1 is 1.15 bits per heavy atom. The normalized spacial score (nSPS) is 11.6. The molecule has 0 amide bonds. The van der Waals surface area contributed by atoms with Crippen LogP contribution < -0.4 is 10.2 Å². The van der Waals surface area contributed by atoms with Crippen LogP contribution in [0.2, 0.25) is 0 Å². The highest BCUT2D eigenvalue weighted by molar-refractivity contribution is 7.15. The first kappa shape index (κ1) is 17.4. The lowest BCUT2D eigenvalue weighted by Crippen LogP contribution is -2.31. The average molecular weight is 298 g/mol. The quantitative estimate of drug-likeness (QED) is 0.696. The number of hydrogen-bond acceptors (Lipinski definition) is 4. The summed E-state index contributed by atoms with van der Waals surface area (Å²) in [6.07, 6.45) is 1.18. The van der Waals surface area contributed by atoms with Crippen molar-refractivity contribution in [1.29, 1.82) is 0 Å². The van der Waals surface area contributed by atoms with Crippen molar-refractivity contribution in [1.82, 2.24) is 10.3 Å². The van der Waals surface area contributed by atoms with Crippen LogP contribution in [0.5, 0.6) is 0 Å². The number of thiazole rings is 1. The van der Waals surface area contributed by atoms with Gasteiger partial charge in [0.1, 0.15) is 0 Å². The zero-order valence-electron chi connectivity index (χ0n) is 14.0. The summed E-state index contributed by atoms with van der Waals surface area (Å²) in [4.78, 5) is 8.64. The molecule has 1 aromatic heterocycles. The van der Waals surface area contributed by atoms with Crippen LogP contribution in [0.4, 0.5) is 5.13 Å². The van der Waals surface area contributed by atoms with Crippen molar-refractivity contribution >= 4 is 16.5 Å². The second-order valence-corrected chi connectivity index (χ2v) is 7.44. The molecule has 0 atom stereocenters. The fourth-order valence-corrected chi connectivity index (χ4v) is 3.25. The summed E-state index contributed by atoms with van der Waals surface area (Å²) in [7, 11) is 0. The maximum atomic E-state index is 4.80. The van der Waals surface area contributed by atoms with Gasteiger partial charge in [0.25, 0.3) is 0 Å². The predicted molar refractivity (Wildman–Crippen MR) is 90.7 cm³/mol. The lowest BCUT2D eigenvalue weighted by Gasteiger charge is -2.25. The average Bonchev–Trinajstić information content (AvgIpc) is 2.69. The standard InChI is InChI=1S/C16H31N3S/c1-7-8-17-9-15-14(6)18-16(20-15)19(10-12(2)3)11-13(4)5/h12-13,17H,7-11H2,1-6H3. The largest absolute Gasteiger partial charge is 0.348 e. The number of nitrogens with one attached hydrogen (secondary N) is 1. The van der Waals surface area contributed by atoms with Crippen LogP contribution in [0.1, 0.15) is 51.6 Å². The van der Waals surface area contributed by atoms with Crippen molar-refractivity contribution in [2.45, 2.75) is 54.5 Å². The van der Waals surface area contributed by atoms with Crippen LogP contribution in [0.15, 0.2) is 0 Å². The maximum absolute atomic E-state index is 4.80. The lowest BCUT2D eigenvalue weighted by molar-refractivity contribution is 0.551. The van der Waals surface area contributed by atoms with E-state index in [4.69, 9.17) is 4.98 Å². The van der Waals surface area contributed by atoms with Crippen LogP contribution in [-0.4, -0.2) is 24.6 Å². The molecule has 0 bridgehead atoms. The Labute approximate surface area is 128 Å². The third kappa shape index (κ3) is 5.80. The summed E-state index contributed by atoms with van der Waals surface area (Å²) in [5.74, 6) is 1.33. The first-order chi connectivity index (χ1) is 9.43. The molecule has 116 valence electrons. The van der Waals surface area contributed by atoms with E-state index in [0.29, 0.717) is 11.8 Å². The second-order valence-electron chi connectivity index (χ2n) is 6.37. The number of nitrogens with zero attached hydrogens (tertiary/aromatic N) is 2. The van der Waals surface area contributed by atoms with E-state index in [-0.39, 0.29) is 0 Å². The number of anilines is 1. The molecular formula is C16H31N3S. The van der Waals surface area contributed by atoms with Crippen LogP contribution in [-0.2, 0) is 6.54 Å². The highest BCUT2D eigenvalue weighted by Gasteiger charge is 2.16. The first-order valence-corrected chi connectivity index (χ1v) is 8.67. The molecule has 1 N–H and O–H groups in total. The van der Waals surface area contributed by atoms with Crippen molar-refractivity contribution in [3.8, 4) is 0 Å². The van der Waals surface area contributed by atoms with E-state index in [9.17, 15) is 0 Å². The molecule has 0 unspecified atom stereocenters. The van der Waals surface area contributed by atoms with Gasteiger partial charge in [-0.05, 0) is 31.7 Å². The van der Waals surface area contributed by atoms with Gasteiger partial charge in [-0.3, -0.25) is 0 Å². The number of aromatic nitrogens is 1. The van der Waals surface area contributed by atoms with Crippen LogP contribution >= 0.6 is 11.3 Å². The summed E-state index contributed by atoms with van der Waals surface area (Å²) in [5, 5.41) is 4.67. The number of aryl methyl sites for hydroxylation is 1. The molecule has 20 heavy (non-hydrogen) atoms. The summed E-state index contributed by atoms with van der Waals surface area (Å²) in [5.41, 5.74) is 1.19. The molecule has 0 aliphatic rings. The molecular weight excluding hydrogens is 266 g/mol. The Balaban J connectivity index is 2.77. The Kier molecular flexibility index (Phi) is 7.52. The third-order valence-corrected chi connectivity index (χ3v) is 4.25. The molecule has 1 heterocycles. The minimum atomic E-state index is 0.666. The lowest BCUT2D eigenvalue weighted by atomic mass is 10.1. The summed E-state index contributed by atoms with van der Waals surface area (Å²) in [6.45, 7) is 17.6. The molecule has 0 aliphatic carbocycles. The molecule has 0 saturated heterocycles. The van der Waals surface area contributed by atoms with Gasteiger partial charge >= 0.3 is 0 Å². The van der Waals surface area contributed by atoms with Gasteiger partial charge in [-0.1, -0.05) is 34.6 Å². The third-order valence-electron chi connectivity index (χ3n) is 3.04. The van der Waals surface area contributed by atoms with Crippen molar-refractivity contribution in [3.05, 3.63) is 10.6 Å². The fourth-order valence-electron chi connectivity index (χ4n) is 2.20. The van der Waals surface area contributed by atoms with E-state index >= 15 is 0 Å². The van der Waals surface area contributed by atoms with Crippen LogP contribution in [0.3, 0.4) is 0 Å². The molecule has 0 spiro atoms. The maximum Gasteiger partial charge on any atom is 0.185 e.